The van der Waals surface area contributed by atoms with Crippen molar-refractivity contribution < 1.29 is 5.11 Å². The van der Waals surface area contributed by atoms with Crippen molar-refractivity contribution >= 4 is 0 Å². The van der Waals surface area contributed by atoms with E-state index in [-0.39, 0.29) is 6.10 Å². The average Bonchev–Trinajstić information content (AvgIpc) is 2.62. The molecule has 0 aliphatic carbocycles. The van der Waals surface area contributed by atoms with Crippen molar-refractivity contribution in [3.63, 3.8) is 0 Å². The molecule has 1 aliphatic heterocycles. The highest BCUT2D eigenvalue weighted by Gasteiger charge is 2.18. The summed E-state index contributed by atoms with van der Waals surface area (Å²) in [5.74, 6) is 0. The molecule has 4 nitrogen and oxygen atoms in total. The van der Waals surface area contributed by atoms with Crippen LogP contribution in [0, 0.1) is 0 Å². The van der Waals surface area contributed by atoms with Crippen molar-refractivity contribution in [3.05, 3.63) is 66.0 Å². The fourth-order valence-corrected chi connectivity index (χ4v) is 3.07. The van der Waals surface area contributed by atoms with Crippen LogP contribution in [0.1, 0.15) is 23.7 Å². The number of benzene rings is 1. The first-order chi connectivity index (χ1) is 11.3. The number of piperazine rings is 1. The number of rotatable bonds is 6. The molecule has 0 amide bonds. The molecule has 2 aromatic rings. The molecule has 0 radical (unpaired) electrons. The number of nitrogens with zero attached hydrogens (tertiary/aromatic N) is 3. The Balaban J connectivity index is 1.39. The molecule has 0 bridgehead atoms. The van der Waals surface area contributed by atoms with Gasteiger partial charge in [0.05, 0.1) is 6.10 Å². The number of aromatic nitrogens is 1. The van der Waals surface area contributed by atoms with E-state index in [0.29, 0.717) is 0 Å². The fourth-order valence-electron chi connectivity index (χ4n) is 3.07. The maximum absolute atomic E-state index is 10.2. The number of aliphatic hydroxyl groups is 1. The summed E-state index contributed by atoms with van der Waals surface area (Å²) in [6.07, 6.45) is 3.87. The third-order valence-electron chi connectivity index (χ3n) is 4.52. The van der Waals surface area contributed by atoms with Crippen molar-refractivity contribution in [3.8, 4) is 0 Å². The van der Waals surface area contributed by atoms with Crippen LogP contribution in [0.3, 0.4) is 0 Å². The molecule has 0 saturated carbocycles. The molecule has 1 aliphatic rings. The summed E-state index contributed by atoms with van der Waals surface area (Å²) in [6.45, 7) is 6.34. The Bertz CT molecular complexity index is 568. The van der Waals surface area contributed by atoms with E-state index >= 15 is 0 Å². The fraction of sp³-hybridized carbons (Fsp3) is 0.421. The van der Waals surface area contributed by atoms with E-state index in [0.717, 1.165) is 51.3 Å². The van der Waals surface area contributed by atoms with Crippen LogP contribution in [0.2, 0.25) is 0 Å². The van der Waals surface area contributed by atoms with Crippen LogP contribution in [-0.2, 0) is 6.54 Å². The van der Waals surface area contributed by atoms with Gasteiger partial charge in [-0.25, -0.2) is 0 Å². The molecule has 1 atom stereocenters. The van der Waals surface area contributed by atoms with Gasteiger partial charge in [-0.15, -0.1) is 0 Å². The van der Waals surface area contributed by atoms with Gasteiger partial charge in [0.15, 0.2) is 0 Å². The number of aliphatic hydroxyl groups excluding tert-OH is 1. The molecule has 4 heteroatoms. The molecule has 1 unspecified atom stereocenters. The Labute approximate surface area is 138 Å². The first kappa shape index (κ1) is 16.1. The van der Waals surface area contributed by atoms with Crippen LogP contribution in [0.25, 0.3) is 0 Å². The monoisotopic (exact) mass is 311 g/mol. The van der Waals surface area contributed by atoms with Gasteiger partial charge in [0, 0.05) is 51.7 Å². The van der Waals surface area contributed by atoms with Crippen LogP contribution in [0.5, 0.6) is 0 Å². The SMILES string of the molecule is OC(CCN1CCN(Cc2ccccc2)CC1)c1ccncc1. The Morgan fingerprint density at radius 2 is 1.57 bits per heavy atom. The predicted octanol–water partition coefficient (Wildman–Crippen LogP) is 2.32. The minimum Gasteiger partial charge on any atom is -0.388 e. The van der Waals surface area contributed by atoms with Gasteiger partial charge in [0.1, 0.15) is 0 Å². The van der Waals surface area contributed by atoms with Gasteiger partial charge in [-0.2, -0.15) is 0 Å². The van der Waals surface area contributed by atoms with Crippen molar-refractivity contribution in [2.75, 3.05) is 32.7 Å². The Morgan fingerprint density at radius 1 is 0.913 bits per heavy atom. The second-order valence-electron chi connectivity index (χ2n) is 6.19. The van der Waals surface area contributed by atoms with E-state index in [2.05, 4.69) is 45.1 Å². The summed E-state index contributed by atoms with van der Waals surface area (Å²) in [5.41, 5.74) is 2.34. The lowest BCUT2D eigenvalue weighted by molar-refractivity contribution is 0.0993. The predicted molar refractivity (Wildman–Crippen MR) is 92.0 cm³/mol. The van der Waals surface area contributed by atoms with Gasteiger partial charge in [0.25, 0.3) is 0 Å². The molecule has 1 aromatic heterocycles. The van der Waals surface area contributed by atoms with Crippen molar-refractivity contribution in [2.45, 2.75) is 19.1 Å². The highest BCUT2D eigenvalue weighted by atomic mass is 16.3. The zero-order chi connectivity index (χ0) is 15.9. The molecule has 2 heterocycles. The summed E-state index contributed by atoms with van der Waals surface area (Å²) in [4.78, 5) is 8.95. The van der Waals surface area contributed by atoms with E-state index in [4.69, 9.17) is 0 Å². The van der Waals surface area contributed by atoms with E-state index in [9.17, 15) is 5.11 Å². The van der Waals surface area contributed by atoms with Crippen LogP contribution < -0.4 is 0 Å². The first-order valence-corrected chi connectivity index (χ1v) is 8.38. The van der Waals surface area contributed by atoms with Gasteiger partial charge < -0.3 is 10.0 Å². The minimum absolute atomic E-state index is 0.389. The highest BCUT2D eigenvalue weighted by Crippen LogP contribution is 2.16. The van der Waals surface area contributed by atoms with Gasteiger partial charge in [-0.3, -0.25) is 9.88 Å². The zero-order valence-electron chi connectivity index (χ0n) is 13.5. The molecule has 122 valence electrons. The lowest BCUT2D eigenvalue weighted by Crippen LogP contribution is -2.46. The smallest absolute Gasteiger partial charge is 0.0803 e. The lowest BCUT2D eigenvalue weighted by Gasteiger charge is -2.35. The summed E-state index contributed by atoms with van der Waals surface area (Å²) in [6, 6.07) is 14.4. The molecule has 1 fully saturated rings. The van der Waals surface area contributed by atoms with Crippen molar-refractivity contribution in [2.24, 2.45) is 0 Å². The molecule has 0 spiro atoms. The topological polar surface area (TPSA) is 39.6 Å². The van der Waals surface area contributed by atoms with Gasteiger partial charge in [-0.1, -0.05) is 30.3 Å². The second-order valence-corrected chi connectivity index (χ2v) is 6.19. The van der Waals surface area contributed by atoms with Crippen LogP contribution in [-0.4, -0.2) is 52.6 Å². The average molecular weight is 311 g/mol. The number of hydrogen-bond acceptors (Lipinski definition) is 4. The molecule has 23 heavy (non-hydrogen) atoms. The maximum atomic E-state index is 10.2. The quantitative estimate of drug-likeness (QED) is 0.889. The Morgan fingerprint density at radius 3 is 2.26 bits per heavy atom. The second kappa shape index (κ2) is 8.20. The van der Waals surface area contributed by atoms with Gasteiger partial charge >= 0.3 is 0 Å². The number of hydrogen-bond donors (Lipinski definition) is 1. The van der Waals surface area contributed by atoms with Crippen molar-refractivity contribution in [1.29, 1.82) is 0 Å². The molecule has 1 aromatic carbocycles. The molecular formula is C19H25N3O. The third-order valence-corrected chi connectivity index (χ3v) is 4.52. The van der Waals surface area contributed by atoms with Crippen LogP contribution >= 0.6 is 0 Å². The van der Waals surface area contributed by atoms with Crippen LogP contribution in [0.4, 0.5) is 0 Å². The zero-order valence-corrected chi connectivity index (χ0v) is 13.5. The third kappa shape index (κ3) is 4.86. The lowest BCUT2D eigenvalue weighted by atomic mass is 10.1. The first-order valence-electron chi connectivity index (χ1n) is 8.38. The summed E-state index contributed by atoms with van der Waals surface area (Å²) < 4.78 is 0. The Kier molecular flexibility index (Phi) is 5.75. The molecule has 1 saturated heterocycles. The van der Waals surface area contributed by atoms with E-state index in [1.54, 1.807) is 12.4 Å². The Hall–Kier alpha value is -1.75. The summed E-state index contributed by atoms with van der Waals surface area (Å²) in [7, 11) is 0. The molecular weight excluding hydrogens is 286 g/mol. The number of pyridine rings is 1. The van der Waals surface area contributed by atoms with Gasteiger partial charge in [-0.05, 0) is 29.7 Å². The van der Waals surface area contributed by atoms with Crippen molar-refractivity contribution in [1.82, 2.24) is 14.8 Å². The molecule has 1 N–H and O–H groups in total. The largest absolute Gasteiger partial charge is 0.388 e. The highest BCUT2D eigenvalue weighted by molar-refractivity contribution is 5.14. The summed E-state index contributed by atoms with van der Waals surface area (Å²) in [5, 5.41) is 10.2. The standard InChI is InChI=1S/C19H25N3O/c23-19(18-6-9-20-10-7-18)8-11-21-12-14-22(15-13-21)16-17-4-2-1-3-5-17/h1-7,9-10,19,23H,8,11-16H2. The van der Waals surface area contributed by atoms with Crippen LogP contribution in [0.15, 0.2) is 54.9 Å². The van der Waals surface area contributed by atoms with E-state index < -0.39 is 0 Å². The minimum atomic E-state index is -0.389. The summed E-state index contributed by atoms with van der Waals surface area (Å²) >= 11 is 0. The maximum Gasteiger partial charge on any atom is 0.0803 e. The normalized spacial score (nSPS) is 18.0. The van der Waals surface area contributed by atoms with E-state index in [1.807, 2.05) is 12.1 Å². The molecule has 3 rings (SSSR count). The van der Waals surface area contributed by atoms with E-state index in [1.165, 1.54) is 5.56 Å². The van der Waals surface area contributed by atoms with Gasteiger partial charge in [0.2, 0.25) is 0 Å².